The van der Waals surface area contributed by atoms with Gasteiger partial charge in [0.2, 0.25) is 0 Å². The zero-order valence-corrected chi connectivity index (χ0v) is 16.9. The average Bonchev–Trinajstić information content (AvgIpc) is 2.80. The summed E-state index contributed by atoms with van der Waals surface area (Å²) in [5, 5.41) is 2.96. The van der Waals surface area contributed by atoms with Crippen molar-refractivity contribution in [3.8, 4) is 0 Å². The van der Waals surface area contributed by atoms with Gasteiger partial charge >= 0.3 is 0 Å². The van der Waals surface area contributed by atoms with E-state index in [0.717, 1.165) is 71.3 Å². The lowest BCUT2D eigenvalue weighted by molar-refractivity contribution is 0.0331. The number of carbonyl (C=O) groups is 1. The van der Waals surface area contributed by atoms with Crippen molar-refractivity contribution in [1.29, 1.82) is 0 Å². The van der Waals surface area contributed by atoms with E-state index in [4.69, 9.17) is 4.74 Å². The third kappa shape index (κ3) is 5.56. The Hall–Kier alpha value is -2.41. The number of rotatable bonds is 6. The number of ether oxygens (including phenoxy) is 1. The maximum absolute atomic E-state index is 12.3. The predicted molar refractivity (Wildman–Crippen MR) is 117 cm³/mol. The number of carbonyl (C=O) groups excluding carboxylic acids is 1. The smallest absolute Gasteiger partial charge is 0.255 e. The van der Waals surface area contributed by atoms with Gasteiger partial charge < -0.3 is 15.0 Å². The van der Waals surface area contributed by atoms with Crippen LogP contribution in [0.4, 0.5) is 11.4 Å². The molecule has 6 heteroatoms. The van der Waals surface area contributed by atoms with Crippen LogP contribution < -0.4 is 10.2 Å². The van der Waals surface area contributed by atoms with Gasteiger partial charge in [-0.3, -0.25) is 14.6 Å². The molecule has 0 unspecified atom stereocenters. The van der Waals surface area contributed by atoms with Crippen molar-refractivity contribution in [2.75, 3.05) is 75.8 Å². The molecule has 2 aromatic carbocycles. The molecule has 0 aromatic heterocycles. The number of amides is 1. The lowest BCUT2D eigenvalue weighted by Crippen LogP contribution is -2.49. The van der Waals surface area contributed by atoms with Gasteiger partial charge in [0.15, 0.2) is 0 Å². The van der Waals surface area contributed by atoms with Crippen LogP contribution in [-0.4, -0.2) is 81.3 Å². The number of nitrogens with zero attached hydrogens (tertiary/aromatic N) is 3. The summed E-state index contributed by atoms with van der Waals surface area (Å²) in [7, 11) is 0. The first-order valence-electron chi connectivity index (χ1n) is 10.5. The van der Waals surface area contributed by atoms with Crippen LogP contribution in [0.5, 0.6) is 0 Å². The molecule has 2 saturated heterocycles. The highest BCUT2D eigenvalue weighted by molar-refractivity contribution is 6.04. The molecule has 154 valence electrons. The molecule has 0 saturated carbocycles. The summed E-state index contributed by atoms with van der Waals surface area (Å²) < 4.78 is 5.42. The van der Waals surface area contributed by atoms with Gasteiger partial charge in [0.25, 0.3) is 5.91 Å². The SMILES string of the molecule is O=C(Nc1ccc(N2CCN(CCN3CCOCC3)CC2)cc1)c1ccccc1. The van der Waals surface area contributed by atoms with Crippen LogP contribution in [0, 0.1) is 0 Å². The van der Waals surface area contributed by atoms with Gasteiger partial charge in [-0.1, -0.05) is 18.2 Å². The van der Waals surface area contributed by atoms with Crippen LogP contribution in [0.2, 0.25) is 0 Å². The van der Waals surface area contributed by atoms with E-state index in [1.54, 1.807) is 0 Å². The van der Waals surface area contributed by atoms with Crippen molar-refractivity contribution >= 4 is 17.3 Å². The van der Waals surface area contributed by atoms with E-state index >= 15 is 0 Å². The molecule has 1 amide bonds. The fourth-order valence-electron chi connectivity index (χ4n) is 3.89. The van der Waals surface area contributed by atoms with Gasteiger partial charge in [0, 0.05) is 69.3 Å². The lowest BCUT2D eigenvalue weighted by Gasteiger charge is -2.37. The molecule has 2 aliphatic heterocycles. The zero-order valence-electron chi connectivity index (χ0n) is 16.9. The van der Waals surface area contributed by atoms with Crippen LogP contribution in [0.1, 0.15) is 10.4 Å². The minimum atomic E-state index is -0.0766. The molecular weight excluding hydrogens is 364 g/mol. The largest absolute Gasteiger partial charge is 0.379 e. The van der Waals surface area contributed by atoms with E-state index in [2.05, 4.69) is 32.1 Å². The molecule has 0 aliphatic carbocycles. The van der Waals surface area contributed by atoms with Gasteiger partial charge in [-0.2, -0.15) is 0 Å². The van der Waals surface area contributed by atoms with Crippen molar-refractivity contribution in [1.82, 2.24) is 9.80 Å². The number of anilines is 2. The van der Waals surface area contributed by atoms with Gasteiger partial charge in [0.1, 0.15) is 0 Å². The van der Waals surface area contributed by atoms with Gasteiger partial charge in [-0.25, -0.2) is 0 Å². The minimum absolute atomic E-state index is 0.0766. The highest BCUT2D eigenvalue weighted by Crippen LogP contribution is 2.20. The summed E-state index contributed by atoms with van der Waals surface area (Å²) in [6.07, 6.45) is 0. The highest BCUT2D eigenvalue weighted by Gasteiger charge is 2.18. The molecule has 0 spiro atoms. The third-order valence-corrected chi connectivity index (χ3v) is 5.73. The number of nitrogens with one attached hydrogen (secondary N) is 1. The lowest BCUT2D eigenvalue weighted by atomic mass is 10.2. The van der Waals surface area contributed by atoms with Gasteiger partial charge in [-0.15, -0.1) is 0 Å². The molecule has 0 atom stereocenters. The Bertz CT molecular complexity index is 767. The maximum Gasteiger partial charge on any atom is 0.255 e. The van der Waals surface area contributed by atoms with E-state index < -0.39 is 0 Å². The first kappa shape index (κ1) is 19.9. The molecule has 4 rings (SSSR count). The Morgan fingerprint density at radius 1 is 0.793 bits per heavy atom. The zero-order chi connectivity index (χ0) is 19.9. The van der Waals surface area contributed by atoms with E-state index in [9.17, 15) is 4.79 Å². The molecule has 2 aromatic rings. The van der Waals surface area contributed by atoms with Crippen LogP contribution in [0.15, 0.2) is 54.6 Å². The number of hydrogen-bond donors (Lipinski definition) is 1. The highest BCUT2D eigenvalue weighted by atomic mass is 16.5. The van der Waals surface area contributed by atoms with E-state index in [0.29, 0.717) is 5.56 Å². The molecule has 2 aliphatic rings. The van der Waals surface area contributed by atoms with Gasteiger partial charge in [-0.05, 0) is 36.4 Å². The second-order valence-corrected chi connectivity index (χ2v) is 7.65. The average molecular weight is 395 g/mol. The summed E-state index contributed by atoms with van der Waals surface area (Å²) in [5.41, 5.74) is 2.71. The fraction of sp³-hybridized carbons (Fsp3) is 0.435. The molecule has 2 heterocycles. The normalized spacial score (nSPS) is 18.6. The Morgan fingerprint density at radius 2 is 1.41 bits per heavy atom. The predicted octanol–water partition coefficient (Wildman–Crippen LogP) is 2.39. The quantitative estimate of drug-likeness (QED) is 0.815. The van der Waals surface area contributed by atoms with E-state index in [1.807, 2.05) is 42.5 Å². The molecule has 6 nitrogen and oxygen atoms in total. The Kier molecular flexibility index (Phi) is 6.77. The Balaban J connectivity index is 1.23. The second-order valence-electron chi connectivity index (χ2n) is 7.65. The summed E-state index contributed by atoms with van der Waals surface area (Å²) >= 11 is 0. The summed E-state index contributed by atoms with van der Waals surface area (Å²) in [6, 6.07) is 17.5. The van der Waals surface area contributed by atoms with Crippen molar-refractivity contribution in [2.24, 2.45) is 0 Å². The molecule has 0 bridgehead atoms. The minimum Gasteiger partial charge on any atom is -0.379 e. The van der Waals surface area contributed by atoms with E-state index in [1.165, 1.54) is 5.69 Å². The van der Waals surface area contributed by atoms with Crippen molar-refractivity contribution in [3.05, 3.63) is 60.2 Å². The maximum atomic E-state index is 12.3. The van der Waals surface area contributed by atoms with E-state index in [-0.39, 0.29) is 5.91 Å². The van der Waals surface area contributed by atoms with Crippen LogP contribution >= 0.6 is 0 Å². The second kappa shape index (κ2) is 9.87. The molecule has 2 fully saturated rings. The van der Waals surface area contributed by atoms with Crippen LogP contribution in [0.25, 0.3) is 0 Å². The number of piperazine rings is 1. The first-order valence-corrected chi connectivity index (χ1v) is 10.5. The summed E-state index contributed by atoms with van der Waals surface area (Å²) in [6.45, 7) is 10.4. The van der Waals surface area contributed by atoms with Crippen LogP contribution in [-0.2, 0) is 4.74 Å². The van der Waals surface area contributed by atoms with Gasteiger partial charge in [0.05, 0.1) is 13.2 Å². The molecule has 0 radical (unpaired) electrons. The topological polar surface area (TPSA) is 48.1 Å². The monoisotopic (exact) mass is 394 g/mol. The Morgan fingerprint density at radius 3 is 2.07 bits per heavy atom. The van der Waals surface area contributed by atoms with Crippen LogP contribution in [0.3, 0.4) is 0 Å². The fourth-order valence-corrected chi connectivity index (χ4v) is 3.89. The molecule has 29 heavy (non-hydrogen) atoms. The summed E-state index contributed by atoms with van der Waals surface area (Å²) in [4.78, 5) is 19.8. The number of benzene rings is 2. The molecule has 1 N–H and O–H groups in total. The first-order chi connectivity index (χ1) is 14.3. The number of morpholine rings is 1. The van der Waals surface area contributed by atoms with Crippen molar-refractivity contribution < 1.29 is 9.53 Å². The molecular formula is C23H30N4O2. The standard InChI is InChI=1S/C23H30N4O2/c28-23(20-4-2-1-3-5-20)24-21-6-8-22(9-7-21)27-14-12-25(13-15-27)10-11-26-16-18-29-19-17-26/h1-9H,10-19H2,(H,24,28). The number of hydrogen-bond acceptors (Lipinski definition) is 5. The van der Waals surface area contributed by atoms with Crippen molar-refractivity contribution in [2.45, 2.75) is 0 Å². The van der Waals surface area contributed by atoms with Crippen molar-refractivity contribution in [3.63, 3.8) is 0 Å². The Labute approximate surface area is 173 Å². The summed E-state index contributed by atoms with van der Waals surface area (Å²) in [5.74, 6) is -0.0766. The third-order valence-electron chi connectivity index (χ3n) is 5.73.